The topological polar surface area (TPSA) is 61.0 Å². The zero-order chi connectivity index (χ0) is 13.8. The van der Waals surface area contributed by atoms with E-state index >= 15 is 0 Å². The highest BCUT2D eigenvalue weighted by Gasteiger charge is 2.10. The van der Waals surface area contributed by atoms with Gasteiger partial charge in [-0.05, 0) is 32.4 Å². The molecule has 1 heterocycles. The lowest BCUT2D eigenvalue weighted by molar-refractivity contribution is 0.242. The Balaban J connectivity index is 2.44. The first-order valence-electron chi connectivity index (χ1n) is 6.48. The van der Waals surface area contributed by atoms with Crippen LogP contribution in [0.15, 0.2) is 30.6 Å². The molecule has 0 amide bonds. The molecule has 19 heavy (non-hydrogen) atoms. The summed E-state index contributed by atoms with van der Waals surface area (Å²) in [5.74, 6) is 1.38. The van der Waals surface area contributed by atoms with E-state index in [1.165, 1.54) is 6.33 Å². The van der Waals surface area contributed by atoms with Crippen LogP contribution in [0.2, 0.25) is 0 Å². The van der Waals surface area contributed by atoms with Crippen LogP contribution in [0.4, 0.5) is 5.82 Å². The molecular weight excluding hydrogens is 238 g/mol. The standard InChI is InChI=1S/C15H19N3O/c1-4-13-14(17-9-18-15(13)16)11-6-5-7-12(8-11)19-10(2)3/h5-10H,4H2,1-3H3,(H2,16,17,18). The van der Waals surface area contributed by atoms with Gasteiger partial charge < -0.3 is 10.5 Å². The molecule has 4 heteroatoms. The molecule has 0 saturated heterocycles. The van der Waals surface area contributed by atoms with Crippen LogP contribution in [0.3, 0.4) is 0 Å². The van der Waals surface area contributed by atoms with Gasteiger partial charge in [0.15, 0.2) is 0 Å². The molecule has 0 bridgehead atoms. The maximum Gasteiger partial charge on any atom is 0.130 e. The monoisotopic (exact) mass is 257 g/mol. The normalized spacial score (nSPS) is 10.7. The van der Waals surface area contributed by atoms with E-state index < -0.39 is 0 Å². The van der Waals surface area contributed by atoms with E-state index in [0.717, 1.165) is 29.0 Å². The molecule has 4 nitrogen and oxygen atoms in total. The minimum atomic E-state index is 0.149. The van der Waals surface area contributed by atoms with Crippen molar-refractivity contribution in [1.29, 1.82) is 0 Å². The van der Waals surface area contributed by atoms with E-state index in [1.54, 1.807) is 0 Å². The van der Waals surface area contributed by atoms with Crippen LogP contribution in [0, 0.1) is 0 Å². The fourth-order valence-electron chi connectivity index (χ4n) is 2.01. The lowest BCUT2D eigenvalue weighted by Gasteiger charge is -2.12. The summed E-state index contributed by atoms with van der Waals surface area (Å²) in [4.78, 5) is 8.40. The number of nitrogens with two attached hydrogens (primary N) is 1. The average molecular weight is 257 g/mol. The van der Waals surface area contributed by atoms with Crippen molar-refractivity contribution in [2.45, 2.75) is 33.3 Å². The molecule has 1 aromatic heterocycles. The van der Waals surface area contributed by atoms with Crippen LogP contribution in [0.1, 0.15) is 26.3 Å². The first kappa shape index (κ1) is 13.3. The third-order valence-electron chi connectivity index (χ3n) is 2.81. The van der Waals surface area contributed by atoms with Gasteiger partial charge in [-0.2, -0.15) is 0 Å². The van der Waals surface area contributed by atoms with Crippen molar-refractivity contribution in [2.75, 3.05) is 5.73 Å². The largest absolute Gasteiger partial charge is 0.491 e. The van der Waals surface area contributed by atoms with Gasteiger partial charge in [0.2, 0.25) is 0 Å². The smallest absolute Gasteiger partial charge is 0.130 e. The first-order chi connectivity index (χ1) is 9.11. The number of benzene rings is 1. The van der Waals surface area contributed by atoms with Crippen LogP contribution < -0.4 is 10.5 Å². The van der Waals surface area contributed by atoms with Crippen LogP contribution in [-0.4, -0.2) is 16.1 Å². The maximum absolute atomic E-state index is 5.91. The zero-order valence-electron chi connectivity index (χ0n) is 11.6. The Morgan fingerprint density at radius 2 is 2.05 bits per heavy atom. The Labute approximate surface area is 113 Å². The fraction of sp³-hybridized carbons (Fsp3) is 0.333. The van der Waals surface area contributed by atoms with Crippen LogP contribution in [0.5, 0.6) is 5.75 Å². The summed E-state index contributed by atoms with van der Waals surface area (Å²) in [6.07, 6.45) is 2.45. The van der Waals surface area contributed by atoms with Gasteiger partial charge in [0.1, 0.15) is 17.9 Å². The van der Waals surface area contributed by atoms with Crippen molar-refractivity contribution in [3.05, 3.63) is 36.2 Å². The Bertz CT molecular complexity index is 567. The molecule has 2 rings (SSSR count). The van der Waals surface area contributed by atoms with E-state index in [1.807, 2.05) is 45.0 Å². The van der Waals surface area contributed by atoms with Crippen molar-refractivity contribution in [3.63, 3.8) is 0 Å². The third kappa shape index (κ3) is 3.02. The van der Waals surface area contributed by atoms with Crippen molar-refractivity contribution in [3.8, 4) is 17.0 Å². The molecule has 0 saturated carbocycles. The number of hydrogen-bond acceptors (Lipinski definition) is 4. The quantitative estimate of drug-likeness (QED) is 0.914. The Hall–Kier alpha value is -2.10. The summed E-state index contributed by atoms with van der Waals surface area (Å²) in [6, 6.07) is 7.90. The van der Waals surface area contributed by atoms with E-state index in [4.69, 9.17) is 10.5 Å². The lowest BCUT2D eigenvalue weighted by Crippen LogP contribution is -2.06. The summed E-state index contributed by atoms with van der Waals surface area (Å²) in [5.41, 5.74) is 8.76. The number of rotatable bonds is 4. The van der Waals surface area contributed by atoms with Gasteiger partial charge >= 0.3 is 0 Å². The molecule has 0 aliphatic rings. The molecule has 0 spiro atoms. The van der Waals surface area contributed by atoms with Gasteiger partial charge in [-0.1, -0.05) is 19.1 Å². The highest BCUT2D eigenvalue weighted by atomic mass is 16.5. The van der Waals surface area contributed by atoms with Gasteiger partial charge in [0.25, 0.3) is 0 Å². The molecule has 1 aromatic carbocycles. The number of ether oxygens (including phenoxy) is 1. The fourth-order valence-corrected chi connectivity index (χ4v) is 2.01. The second-order valence-corrected chi connectivity index (χ2v) is 4.63. The highest BCUT2D eigenvalue weighted by molar-refractivity contribution is 5.68. The molecule has 0 atom stereocenters. The molecule has 0 unspecified atom stereocenters. The molecule has 0 aliphatic heterocycles. The molecule has 0 aliphatic carbocycles. The van der Waals surface area contributed by atoms with Gasteiger partial charge in [-0.15, -0.1) is 0 Å². The SMILES string of the molecule is CCc1c(N)ncnc1-c1cccc(OC(C)C)c1. The highest BCUT2D eigenvalue weighted by Crippen LogP contribution is 2.27. The minimum Gasteiger partial charge on any atom is -0.491 e. The van der Waals surface area contributed by atoms with Crippen LogP contribution in [-0.2, 0) is 6.42 Å². The summed E-state index contributed by atoms with van der Waals surface area (Å²) in [6.45, 7) is 6.06. The van der Waals surface area contributed by atoms with E-state index in [2.05, 4.69) is 9.97 Å². The lowest BCUT2D eigenvalue weighted by atomic mass is 10.0. The Morgan fingerprint density at radius 1 is 1.26 bits per heavy atom. The number of nitrogens with zero attached hydrogens (tertiary/aromatic N) is 2. The van der Waals surface area contributed by atoms with Gasteiger partial charge in [0, 0.05) is 11.1 Å². The minimum absolute atomic E-state index is 0.149. The summed E-state index contributed by atoms with van der Waals surface area (Å²) >= 11 is 0. The van der Waals surface area contributed by atoms with Crippen molar-refractivity contribution in [1.82, 2.24) is 9.97 Å². The van der Waals surface area contributed by atoms with Crippen LogP contribution in [0.25, 0.3) is 11.3 Å². The predicted octanol–water partition coefficient (Wildman–Crippen LogP) is 3.08. The third-order valence-corrected chi connectivity index (χ3v) is 2.81. The van der Waals surface area contributed by atoms with Crippen LogP contribution >= 0.6 is 0 Å². The second kappa shape index (κ2) is 5.69. The van der Waals surface area contributed by atoms with Crippen molar-refractivity contribution in [2.24, 2.45) is 0 Å². The molecule has 100 valence electrons. The number of nitrogen functional groups attached to an aromatic ring is 1. The van der Waals surface area contributed by atoms with Gasteiger partial charge in [0.05, 0.1) is 11.8 Å². The van der Waals surface area contributed by atoms with E-state index in [9.17, 15) is 0 Å². The number of aromatic nitrogens is 2. The first-order valence-corrected chi connectivity index (χ1v) is 6.48. The molecule has 0 radical (unpaired) electrons. The molecule has 0 fully saturated rings. The van der Waals surface area contributed by atoms with Crippen molar-refractivity contribution < 1.29 is 4.74 Å². The summed E-state index contributed by atoms with van der Waals surface area (Å²) in [7, 11) is 0. The number of anilines is 1. The maximum atomic E-state index is 5.91. The number of hydrogen-bond donors (Lipinski definition) is 1. The summed E-state index contributed by atoms with van der Waals surface area (Å²) < 4.78 is 5.71. The Kier molecular flexibility index (Phi) is 4.00. The summed E-state index contributed by atoms with van der Waals surface area (Å²) in [5, 5.41) is 0. The van der Waals surface area contributed by atoms with Crippen molar-refractivity contribution >= 4 is 5.82 Å². The Morgan fingerprint density at radius 3 is 2.74 bits per heavy atom. The molecule has 2 N–H and O–H groups in total. The molecule has 2 aromatic rings. The predicted molar refractivity (Wildman–Crippen MR) is 77.0 cm³/mol. The average Bonchev–Trinajstić information content (AvgIpc) is 2.38. The van der Waals surface area contributed by atoms with E-state index in [0.29, 0.717) is 5.82 Å². The molecular formula is C15H19N3O. The second-order valence-electron chi connectivity index (χ2n) is 4.63. The van der Waals surface area contributed by atoms with Gasteiger partial charge in [-0.25, -0.2) is 9.97 Å². The van der Waals surface area contributed by atoms with Gasteiger partial charge in [-0.3, -0.25) is 0 Å². The zero-order valence-corrected chi connectivity index (χ0v) is 11.6. The van der Waals surface area contributed by atoms with E-state index in [-0.39, 0.29) is 6.10 Å².